The molecule has 1 saturated heterocycles. The van der Waals surface area contributed by atoms with Crippen LogP contribution >= 0.6 is 0 Å². The van der Waals surface area contributed by atoms with Crippen LogP contribution in [0, 0.1) is 23.7 Å². The number of nitrogens with one attached hydrogen (secondary N) is 1. The van der Waals surface area contributed by atoms with Gasteiger partial charge in [-0.05, 0) is 49.4 Å². The fourth-order valence-electron chi connectivity index (χ4n) is 3.87. The van der Waals surface area contributed by atoms with E-state index in [0.717, 1.165) is 43.7 Å². The average molecular weight is 278 g/mol. The summed E-state index contributed by atoms with van der Waals surface area (Å²) in [4.78, 5) is 26.3. The van der Waals surface area contributed by atoms with Crippen LogP contribution in [0.5, 0.6) is 0 Å². The van der Waals surface area contributed by atoms with Gasteiger partial charge in [-0.1, -0.05) is 13.8 Å². The van der Waals surface area contributed by atoms with Crippen molar-refractivity contribution < 1.29 is 9.59 Å². The predicted octanol–water partition coefficient (Wildman–Crippen LogP) is 1.80. The Balaban J connectivity index is 1.49. The van der Waals surface area contributed by atoms with Gasteiger partial charge in [0.2, 0.25) is 11.8 Å². The third-order valence-corrected chi connectivity index (χ3v) is 5.39. The summed E-state index contributed by atoms with van der Waals surface area (Å²) in [5.41, 5.74) is 0. The Bertz CT molecular complexity index is 393. The molecule has 112 valence electrons. The van der Waals surface area contributed by atoms with Crippen molar-refractivity contribution in [2.45, 2.75) is 52.0 Å². The van der Waals surface area contributed by atoms with Crippen LogP contribution in [0.2, 0.25) is 0 Å². The minimum atomic E-state index is -0.211. The van der Waals surface area contributed by atoms with Crippen molar-refractivity contribution in [3.8, 4) is 0 Å². The summed E-state index contributed by atoms with van der Waals surface area (Å²) in [5, 5.41) is 3.09. The second kappa shape index (κ2) is 5.38. The molecule has 2 amide bonds. The van der Waals surface area contributed by atoms with Crippen molar-refractivity contribution in [3.05, 3.63) is 0 Å². The normalized spacial score (nSPS) is 34.6. The van der Waals surface area contributed by atoms with E-state index in [1.54, 1.807) is 4.90 Å². The molecule has 1 unspecified atom stereocenters. The summed E-state index contributed by atoms with van der Waals surface area (Å²) in [7, 11) is 0. The number of carbonyl (C=O) groups excluding carboxylic acids is 2. The first-order valence-electron chi connectivity index (χ1n) is 8.13. The minimum absolute atomic E-state index is 0.0749. The van der Waals surface area contributed by atoms with E-state index in [0.29, 0.717) is 12.3 Å². The quantitative estimate of drug-likeness (QED) is 0.833. The molecule has 3 saturated carbocycles. The Hall–Kier alpha value is -1.06. The molecule has 1 N–H and O–H groups in total. The molecule has 20 heavy (non-hydrogen) atoms. The molecule has 1 heterocycles. The second-order valence-corrected chi connectivity index (χ2v) is 7.24. The summed E-state index contributed by atoms with van der Waals surface area (Å²) in [6.45, 7) is 5.67. The van der Waals surface area contributed by atoms with Gasteiger partial charge in [0.25, 0.3) is 0 Å². The summed E-state index contributed by atoms with van der Waals surface area (Å²) >= 11 is 0. The van der Waals surface area contributed by atoms with E-state index >= 15 is 0 Å². The fourth-order valence-corrected chi connectivity index (χ4v) is 3.87. The average Bonchev–Trinajstić information content (AvgIpc) is 2.72. The highest BCUT2D eigenvalue weighted by Gasteiger charge is 2.52. The van der Waals surface area contributed by atoms with Crippen LogP contribution in [-0.4, -0.2) is 35.8 Å². The highest BCUT2D eigenvalue weighted by atomic mass is 16.2. The molecule has 0 aromatic rings. The molecule has 2 bridgehead atoms. The van der Waals surface area contributed by atoms with Crippen molar-refractivity contribution in [3.63, 3.8) is 0 Å². The van der Waals surface area contributed by atoms with Crippen molar-refractivity contribution in [2.24, 2.45) is 23.7 Å². The molecule has 1 atom stereocenters. The Labute approximate surface area is 121 Å². The number of nitrogens with zero attached hydrogens (tertiary/aromatic N) is 1. The van der Waals surface area contributed by atoms with Gasteiger partial charge in [-0.3, -0.25) is 9.59 Å². The predicted molar refractivity (Wildman–Crippen MR) is 76.9 cm³/mol. The minimum Gasteiger partial charge on any atom is -0.354 e. The van der Waals surface area contributed by atoms with E-state index in [9.17, 15) is 9.59 Å². The zero-order chi connectivity index (χ0) is 14.3. The number of carbonyl (C=O) groups is 2. The molecule has 4 nitrogen and oxygen atoms in total. The molecule has 0 radical (unpaired) electrons. The van der Waals surface area contributed by atoms with E-state index < -0.39 is 0 Å². The van der Waals surface area contributed by atoms with Crippen LogP contribution in [0.3, 0.4) is 0 Å². The monoisotopic (exact) mass is 278 g/mol. The van der Waals surface area contributed by atoms with Gasteiger partial charge in [-0.2, -0.15) is 0 Å². The first-order valence-corrected chi connectivity index (χ1v) is 8.13. The lowest BCUT2D eigenvalue weighted by Crippen LogP contribution is -2.56. The molecule has 1 aliphatic heterocycles. The van der Waals surface area contributed by atoms with Gasteiger partial charge in [0.1, 0.15) is 6.04 Å². The SMILES string of the molecule is CC(C)CC(=O)N1CCCC1C(=O)NCC1C2CC1C2. The maximum absolute atomic E-state index is 12.3. The zero-order valence-corrected chi connectivity index (χ0v) is 12.6. The molecule has 3 aliphatic carbocycles. The van der Waals surface area contributed by atoms with E-state index in [1.807, 2.05) is 13.8 Å². The first kappa shape index (κ1) is 13.9. The lowest BCUT2D eigenvalue weighted by atomic mass is 9.48. The van der Waals surface area contributed by atoms with Crippen LogP contribution in [-0.2, 0) is 9.59 Å². The van der Waals surface area contributed by atoms with Crippen LogP contribution < -0.4 is 5.32 Å². The van der Waals surface area contributed by atoms with Crippen molar-refractivity contribution in [2.75, 3.05) is 13.1 Å². The number of hydrogen-bond donors (Lipinski definition) is 1. The van der Waals surface area contributed by atoms with E-state index in [4.69, 9.17) is 0 Å². The summed E-state index contributed by atoms with van der Waals surface area (Å²) in [6, 6.07) is -0.211. The summed E-state index contributed by atoms with van der Waals surface area (Å²) < 4.78 is 0. The summed E-state index contributed by atoms with van der Waals surface area (Å²) in [6.07, 6.45) is 5.09. The Morgan fingerprint density at radius 1 is 1.25 bits per heavy atom. The van der Waals surface area contributed by atoms with E-state index in [2.05, 4.69) is 5.32 Å². The third-order valence-electron chi connectivity index (χ3n) is 5.39. The molecule has 0 spiro atoms. The largest absolute Gasteiger partial charge is 0.354 e. The lowest BCUT2D eigenvalue weighted by molar-refractivity contribution is -0.140. The second-order valence-electron chi connectivity index (χ2n) is 7.24. The molecule has 4 heteroatoms. The van der Waals surface area contributed by atoms with Crippen LogP contribution in [0.1, 0.15) is 46.0 Å². The van der Waals surface area contributed by atoms with Crippen molar-refractivity contribution >= 4 is 11.8 Å². The van der Waals surface area contributed by atoms with Gasteiger partial charge >= 0.3 is 0 Å². The molecular formula is C16H26N2O2. The maximum Gasteiger partial charge on any atom is 0.242 e. The first-order chi connectivity index (χ1) is 9.56. The van der Waals surface area contributed by atoms with Gasteiger partial charge in [0.05, 0.1) is 0 Å². The molecule has 0 aromatic carbocycles. The standard InChI is InChI=1S/C16H26N2O2/c1-10(2)6-15(19)18-5-3-4-14(18)16(20)17-9-13-11-7-12(13)8-11/h10-14H,3-9H2,1-2H3,(H,17,20). The van der Waals surface area contributed by atoms with Crippen LogP contribution in [0.15, 0.2) is 0 Å². The fraction of sp³-hybridized carbons (Fsp3) is 0.875. The van der Waals surface area contributed by atoms with Gasteiger partial charge in [0, 0.05) is 19.5 Å². The van der Waals surface area contributed by atoms with Crippen LogP contribution in [0.25, 0.3) is 0 Å². The van der Waals surface area contributed by atoms with E-state index in [-0.39, 0.29) is 17.9 Å². The zero-order valence-electron chi connectivity index (χ0n) is 12.6. The number of likely N-dealkylation sites (tertiary alicyclic amines) is 1. The number of hydrogen-bond acceptors (Lipinski definition) is 2. The highest BCUT2D eigenvalue weighted by molar-refractivity contribution is 5.88. The molecular weight excluding hydrogens is 252 g/mol. The van der Waals surface area contributed by atoms with E-state index in [1.165, 1.54) is 12.8 Å². The van der Waals surface area contributed by atoms with Gasteiger partial charge in [-0.15, -0.1) is 0 Å². The van der Waals surface area contributed by atoms with Crippen molar-refractivity contribution in [1.82, 2.24) is 10.2 Å². The Morgan fingerprint density at radius 3 is 2.50 bits per heavy atom. The van der Waals surface area contributed by atoms with Gasteiger partial charge in [0.15, 0.2) is 0 Å². The third kappa shape index (κ3) is 2.45. The summed E-state index contributed by atoms with van der Waals surface area (Å²) in [5.74, 6) is 3.06. The number of amides is 2. The Kier molecular flexibility index (Phi) is 3.74. The number of rotatable bonds is 5. The van der Waals surface area contributed by atoms with Crippen LogP contribution in [0.4, 0.5) is 0 Å². The molecule has 0 aromatic heterocycles. The highest BCUT2D eigenvalue weighted by Crippen LogP contribution is 2.58. The van der Waals surface area contributed by atoms with Gasteiger partial charge in [-0.25, -0.2) is 0 Å². The van der Waals surface area contributed by atoms with Gasteiger partial charge < -0.3 is 10.2 Å². The smallest absolute Gasteiger partial charge is 0.242 e. The van der Waals surface area contributed by atoms with Crippen molar-refractivity contribution in [1.29, 1.82) is 0 Å². The topological polar surface area (TPSA) is 49.4 Å². The molecule has 4 rings (SSSR count). The molecule has 4 aliphatic rings. The Morgan fingerprint density at radius 2 is 1.95 bits per heavy atom. The molecule has 4 fully saturated rings. The lowest BCUT2D eigenvalue weighted by Gasteiger charge is -2.58. The maximum atomic E-state index is 12.3.